The maximum Gasteiger partial charge on any atom is 0.230 e. The minimum Gasteiger partial charge on any atom is -0.324 e. The monoisotopic (exact) mass is 146 g/mol. The van der Waals surface area contributed by atoms with E-state index in [1.165, 1.54) is 0 Å². The number of amides is 1. The van der Waals surface area contributed by atoms with Crippen molar-refractivity contribution < 1.29 is 4.79 Å². The molecule has 4 heteroatoms. The Morgan fingerprint density at radius 2 is 2.45 bits per heavy atom. The lowest BCUT2D eigenvalue weighted by Crippen LogP contribution is -2.05. The highest BCUT2D eigenvalue weighted by molar-refractivity contribution is 6.32. The molecule has 0 bridgehead atoms. The number of hydrogen-bond donors (Lipinski definition) is 1. The Labute approximate surface area is 65.2 Å². The van der Waals surface area contributed by atoms with Gasteiger partial charge in [0, 0.05) is 6.20 Å². The van der Waals surface area contributed by atoms with E-state index in [0.717, 1.165) is 16.8 Å². The summed E-state index contributed by atoms with van der Waals surface area (Å²) < 4.78 is 0. The van der Waals surface area contributed by atoms with Crippen LogP contribution in [0.2, 0.25) is 0 Å². The molecule has 0 saturated carbocycles. The Hall–Kier alpha value is -1.32. The molecule has 1 amide bonds. The SMILES string of the molecule is Bc1cnc2c(c1)NC(=O)C2. The number of carbonyl (C=O) groups is 1. The van der Waals surface area contributed by atoms with Crippen LogP contribution in [0.1, 0.15) is 5.69 Å². The molecule has 0 fully saturated rings. The second-order valence-corrected chi connectivity index (χ2v) is 2.73. The van der Waals surface area contributed by atoms with Crippen LogP contribution in [0.25, 0.3) is 0 Å². The van der Waals surface area contributed by atoms with Crippen molar-refractivity contribution in [2.75, 3.05) is 5.32 Å². The molecule has 2 rings (SSSR count). The first-order chi connectivity index (χ1) is 5.25. The Morgan fingerprint density at radius 3 is 3.27 bits per heavy atom. The fourth-order valence-corrected chi connectivity index (χ4v) is 1.19. The third-order valence-electron chi connectivity index (χ3n) is 1.71. The number of aromatic nitrogens is 1. The van der Waals surface area contributed by atoms with E-state index in [4.69, 9.17) is 0 Å². The minimum atomic E-state index is 0.0399. The molecule has 0 unspecified atom stereocenters. The third-order valence-corrected chi connectivity index (χ3v) is 1.71. The molecule has 2 heterocycles. The van der Waals surface area contributed by atoms with Crippen molar-refractivity contribution in [3.05, 3.63) is 18.0 Å². The lowest BCUT2D eigenvalue weighted by atomic mass is 9.98. The summed E-state index contributed by atoms with van der Waals surface area (Å²) in [7, 11) is 1.96. The molecule has 54 valence electrons. The molecule has 1 aromatic rings. The lowest BCUT2D eigenvalue weighted by Gasteiger charge is -1.97. The van der Waals surface area contributed by atoms with Gasteiger partial charge in [-0.25, -0.2) is 0 Å². The van der Waals surface area contributed by atoms with E-state index in [0.29, 0.717) is 6.42 Å². The van der Waals surface area contributed by atoms with Crippen LogP contribution in [-0.4, -0.2) is 18.7 Å². The van der Waals surface area contributed by atoms with Gasteiger partial charge < -0.3 is 5.32 Å². The van der Waals surface area contributed by atoms with Crippen LogP contribution in [0.5, 0.6) is 0 Å². The maximum atomic E-state index is 10.9. The summed E-state index contributed by atoms with van der Waals surface area (Å²) in [5, 5.41) is 2.74. The number of anilines is 1. The molecule has 1 aliphatic heterocycles. The van der Waals surface area contributed by atoms with Crippen LogP contribution >= 0.6 is 0 Å². The van der Waals surface area contributed by atoms with Gasteiger partial charge in [-0.05, 0) is 6.07 Å². The van der Waals surface area contributed by atoms with Crippen molar-refractivity contribution in [2.45, 2.75) is 6.42 Å². The van der Waals surface area contributed by atoms with Crippen molar-refractivity contribution in [2.24, 2.45) is 0 Å². The van der Waals surface area contributed by atoms with Gasteiger partial charge in [0.2, 0.25) is 5.91 Å². The average molecular weight is 146 g/mol. The van der Waals surface area contributed by atoms with E-state index in [9.17, 15) is 4.79 Å². The molecular weight excluding hydrogens is 139 g/mol. The highest BCUT2D eigenvalue weighted by atomic mass is 16.1. The summed E-state index contributed by atoms with van der Waals surface area (Å²) in [6, 6.07) is 1.94. The highest BCUT2D eigenvalue weighted by Crippen LogP contribution is 2.17. The van der Waals surface area contributed by atoms with Gasteiger partial charge in [0.05, 0.1) is 17.8 Å². The number of pyridine rings is 1. The zero-order valence-corrected chi connectivity index (χ0v) is 6.22. The van der Waals surface area contributed by atoms with Gasteiger partial charge in [-0.3, -0.25) is 9.78 Å². The molecule has 0 aromatic carbocycles. The second-order valence-electron chi connectivity index (χ2n) is 2.73. The number of rotatable bonds is 0. The highest BCUT2D eigenvalue weighted by Gasteiger charge is 2.17. The van der Waals surface area contributed by atoms with E-state index < -0.39 is 0 Å². The Bertz CT molecular complexity index is 324. The maximum absolute atomic E-state index is 10.9. The van der Waals surface area contributed by atoms with Gasteiger partial charge in [-0.15, -0.1) is 0 Å². The molecule has 0 saturated heterocycles. The first kappa shape index (κ1) is 6.40. The zero-order chi connectivity index (χ0) is 7.84. The Balaban J connectivity index is 2.51. The number of nitrogens with zero attached hydrogens (tertiary/aromatic N) is 1. The van der Waals surface area contributed by atoms with Crippen molar-refractivity contribution in [1.82, 2.24) is 4.98 Å². The van der Waals surface area contributed by atoms with Crippen LogP contribution in [0.4, 0.5) is 5.69 Å². The van der Waals surface area contributed by atoms with Gasteiger partial charge in [-0.1, -0.05) is 5.46 Å². The van der Waals surface area contributed by atoms with E-state index in [2.05, 4.69) is 10.3 Å². The summed E-state index contributed by atoms with van der Waals surface area (Å²) in [5.41, 5.74) is 2.81. The van der Waals surface area contributed by atoms with E-state index in [1.54, 1.807) is 6.20 Å². The molecule has 0 atom stereocenters. The van der Waals surface area contributed by atoms with Crippen LogP contribution < -0.4 is 10.8 Å². The standard InChI is InChI=1S/C7H7BN2O/c8-4-1-6-5(9-3-4)2-7(11)10-6/h1,3H,2,8H2,(H,10,11). The third kappa shape index (κ3) is 1.00. The van der Waals surface area contributed by atoms with Gasteiger partial charge in [0.1, 0.15) is 7.85 Å². The minimum absolute atomic E-state index is 0.0399. The second kappa shape index (κ2) is 2.08. The first-order valence-electron chi connectivity index (χ1n) is 3.51. The van der Waals surface area contributed by atoms with Crippen molar-refractivity contribution in [3.63, 3.8) is 0 Å². The van der Waals surface area contributed by atoms with Crippen molar-refractivity contribution in [3.8, 4) is 0 Å². The van der Waals surface area contributed by atoms with Crippen molar-refractivity contribution >= 4 is 24.9 Å². The van der Waals surface area contributed by atoms with Crippen LogP contribution in [0.3, 0.4) is 0 Å². The number of nitrogens with one attached hydrogen (secondary N) is 1. The predicted molar refractivity (Wildman–Crippen MR) is 44.7 cm³/mol. The molecule has 0 aliphatic carbocycles. The van der Waals surface area contributed by atoms with Crippen LogP contribution in [0, 0.1) is 0 Å². The fourth-order valence-electron chi connectivity index (χ4n) is 1.19. The Kier molecular flexibility index (Phi) is 1.21. The largest absolute Gasteiger partial charge is 0.324 e. The molecule has 1 aliphatic rings. The molecule has 11 heavy (non-hydrogen) atoms. The van der Waals surface area contributed by atoms with Crippen LogP contribution in [-0.2, 0) is 11.2 Å². The number of hydrogen-bond acceptors (Lipinski definition) is 2. The first-order valence-corrected chi connectivity index (χ1v) is 3.51. The lowest BCUT2D eigenvalue weighted by molar-refractivity contribution is -0.115. The molecule has 1 N–H and O–H groups in total. The fraction of sp³-hybridized carbons (Fsp3) is 0.143. The summed E-state index contributed by atoms with van der Waals surface area (Å²) in [6.45, 7) is 0. The van der Waals surface area contributed by atoms with E-state index >= 15 is 0 Å². The van der Waals surface area contributed by atoms with Gasteiger partial charge in [-0.2, -0.15) is 0 Å². The molecule has 0 spiro atoms. The van der Waals surface area contributed by atoms with E-state index in [1.807, 2.05) is 13.9 Å². The number of fused-ring (bicyclic) bond motifs is 1. The molecule has 3 nitrogen and oxygen atoms in total. The smallest absolute Gasteiger partial charge is 0.230 e. The van der Waals surface area contributed by atoms with Crippen LogP contribution in [0.15, 0.2) is 12.3 Å². The summed E-state index contributed by atoms with van der Waals surface area (Å²) in [6.07, 6.45) is 2.20. The Morgan fingerprint density at radius 1 is 1.64 bits per heavy atom. The molecular formula is C7H7BN2O. The summed E-state index contributed by atoms with van der Waals surface area (Å²) in [4.78, 5) is 15.0. The number of carbonyl (C=O) groups excluding carboxylic acids is 1. The quantitative estimate of drug-likeness (QED) is 0.469. The zero-order valence-electron chi connectivity index (χ0n) is 6.22. The summed E-state index contributed by atoms with van der Waals surface area (Å²) >= 11 is 0. The van der Waals surface area contributed by atoms with Gasteiger partial charge in [0.25, 0.3) is 0 Å². The molecule has 1 aromatic heterocycles. The van der Waals surface area contributed by atoms with E-state index in [-0.39, 0.29) is 5.91 Å². The van der Waals surface area contributed by atoms with Crippen molar-refractivity contribution in [1.29, 1.82) is 0 Å². The topological polar surface area (TPSA) is 42.0 Å². The van der Waals surface area contributed by atoms with Gasteiger partial charge in [0.15, 0.2) is 0 Å². The predicted octanol–water partition coefficient (Wildman–Crippen LogP) is -1.17. The normalized spacial score (nSPS) is 14.4. The van der Waals surface area contributed by atoms with Gasteiger partial charge >= 0.3 is 0 Å². The average Bonchev–Trinajstić information content (AvgIpc) is 2.27. The molecule has 0 radical (unpaired) electrons. The summed E-state index contributed by atoms with van der Waals surface area (Å²) in [5.74, 6) is 0.0399.